The van der Waals surface area contributed by atoms with Gasteiger partial charge in [-0.15, -0.1) is 11.3 Å². The highest BCUT2D eigenvalue weighted by atomic mass is 32.1. The number of rotatable bonds is 17. The molecule has 5 aromatic carbocycles. The third kappa shape index (κ3) is 10.8. The van der Waals surface area contributed by atoms with E-state index >= 15 is 4.39 Å². The van der Waals surface area contributed by atoms with Gasteiger partial charge in [-0.3, -0.25) is 19.3 Å². The molecule has 1 saturated heterocycles. The van der Waals surface area contributed by atoms with Crippen molar-refractivity contribution in [3.63, 3.8) is 0 Å². The molecule has 0 radical (unpaired) electrons. The molecule has 3 heterocycles. The Balaban J connectivity index is 0.870. The molecule has 11 nitrogen and oxygen atoms in total. The van der Waals surface area contributed by atoms with Crippen molar-refractivity contribution < 1.29 is 33.7 Å². The second-order valence-electron chi connectivity index (χ2n) is 16.3. The molecule has 0 aliphatic carbocycles. The van der Waals surface area contributed by atoms with Gasteiger partial charge < -0.3 is 35.3 Å². The molecule has 1 aliphatic heterocycles. The van der Waals surface area contributed by atoms with Crippen LogP contribution in [0.15, 0.2) is 138 Å². The van der Waals surface area contributed by atoms with Gasteiger partial charge in [0.2, 0.25) is 5.56 Å². The lowest BCUT2D eigenvalue weighted by atomic mass is 9.90. The lowest BCUT2D eigenvalue weighted by Crippen LogP contribution is -2.35. The van der Waals surface area contributed by atoms with Crippen LogP contribution < -0.4 is 20.9 Å². The molecule has 65 heavy (non-hydrogen) atoms. The predicted molar refractivity (Wildman–Crippen MR) is 250 cm³/mol. The van der Waals surface area contributed by atoms with Gasteiger partial charge in [-0.2, -0.15) is 0 Å². The number of phenols is 1. The zero-order chi connectivity index (χ0) is 45.3. The van der Waals surface area contributed by atoms with Crippen molar-refractivity contribution in [3.05, 3.63) is 188 Å². The van der Waals surface area contributed by atoms with Crippen LogP contribution in [0.5, 0.6) is 11.5 Å². The number of aromatic nitrogens is 1. The molecule has 2 aromatic heterocycles. The third-order valence-electron chi connectivity index (χ3n) is 11.9. The fourth-order valence-electron chi connectivity index (χ4n) is 8.44. The number of nitrogens with zero attached hydrogens (tertiary/aromatic N) is 1. The molecule has 5 N–H and O–H groups in total. The summed E-state index contributed by atoms with van der Waals surface area (Å²) >= 11 is 1.49. The summed E-state index contributed by atoms with van der Waals surface area (Å²) in [5.74, 6) is -2.19. The van der Waals surface area contributed by atoms with Crippen molar-refractivity contribution >= 4 is 34.1 Å². The molecule has 1 amide bonds. The zero-order valence-electron chi connectivity index (χ0n) is 36.0. The Hall–Kier alpha value is -6.64. The molecule has 0 bridgehead atoms. The minimum Gasteiger partial charge on any atom is -0.506 e. The van der Waals surface area contributed by atoms with Crippen molar-refractivity contribution in [1.29, 1.82) is 0 Å². The van der Waals surface area contributed by atoms with E-state index in [1.165, 1.54) is 48.3 Å². The smallest absolute Gasteiger partial charge is 0.317 e. The number of esters is 1. The molecular formula is C52H51FN4O7S. The minimum absolute atomic E-state index is 0.0647. The van der Waals surface area contributed by atoms with E-state index in [1.54, 1.807) is 12.1 Å². The molecule has 1 aliphatic rings. The number of piperidine rings is 1. The molecule has 13 heteroatoms. The number of carbonyl (C=O) groups is 2. The van der Waals surface area contributed by atoms with E-state index < -0.39 is 23.7 Å². The number of H-pyrrole nitrogens is 1. The van der Waals surface area contributed by atoms with E-state index in [0.29, 0.717) is 29.0 Å². The number of benzene rings is 5. The summed E-state index contributed by atoms with van der Waals surface area (Å²) in [7, 11) is 1.33. The lowest BCUT2D eigenvalue weighted by Gasteiger charge is -2.32. The molecular weight excluding hydrogens is 844 g/mol. The zero-order valence-corrected chi connectivity index (χ0v) is 36.8. The summed E-state index contributed by atoms with van der Waals surface area (Å²) in [6.07, 6.45) is 0.932. The van der Waals surface area contributed by atoms with Gasteiger partial charge in [-0.25, -0.2) is 4.39 Å². The standard InChI is InChI=1S/C52H51FN4O7S/c1-63-50-38(28-54-30-44(59)40-18-20-43(58)49-41(40)19-22-46(60)56-49)15-17-42(48(50)53)51(61)55-29-39-16-21-45(65-39)36-13-8-14-37(27-36)47(35-11-6-3-7-12-35)52(62)64-32-34-23-25-57(26-24-34)31-33-9-4-2-5-10-33/h2-22,27,34,44,47,54,58-59H,23-26,28-32H2,1H3,(H,55,61)(H,56,60)/t44-,47?/m0/s1. The summed E-state index contributed by atoms with van der Waals surface area (Å²) in [5, 5.41) is 27.6. The molecule has 0 saturated carbocycles. The maximum atomic E-state index is 15.8. The number of hydrogen-bond acceptors (Lipinski definition) is 10. The van der Waals surface area contributed by atoms with E-state index in [1.807, 2.05) is 72.8 Å². The van der Waals surface area contributed by atoms with Crippen LogP contribution in [-0.4, -0.2) is 65.3 Å². The van der Waals surface area contributed by atoms with Gasteiger partial charge in [0.1, 0.15) is 11.7 Å². The maximum Gasteiger partial charge on any atom is 0.317 e. The number of aliphatic hydroxyl groups excluding tert-OH is 1. The Morgan fingerprint density at radius 3 is 2.40 bits per heavy atom. The van der Waals surface area contributed by atoms with Crippen molar-refractivity contribution in [1.82, 2.24) is 20.5 Å². The van der Waals surface area contributed by atoms with E-state index in [9.17, 15) is 24.6 Å². The number of nitrogens with one attached hydrogen (secondary N) is 3. The van der Waals surface area contributed by atoms with Crippen LogP contribution in [0.1, 0.15) is 67.9 Å². The first kappa shape index (κ1) is 44.9. The summed E-state index contributed by atoms with van der Waals surface area (Å²) in [6, 6.07) is 40.8. The largest absolute Gasteiger partial charge is 0.506 e. The van der Waals surface area contributed by atoms with Gasteiger partial charge in [0.25, 0.3) is 5.91 Å². The number of fused-ring (bicyclic) bond motifs is 1. The number of likely N-dealkylation sites (tertiary alicyclic amines) is 1. The van der Waals surface area contributed by atoms with Crippen LogP contribution in [-0.2, 0) is 29.2 Å². The number of thiophene rings is 1. The number of halogens is 1. The first-order valence-electron chi connectivity index (χ1n) is 21.7. The van der Waals surface area contributed by atoms with E-state index in [2.05, 4.69) is 44.8 Å². The van der Waals surface area contributed by atoms with Crippen LogP contribution in [0.4, 0.5) is 4.39 Å². The number of ether oxygens (including phenoxy) is 2. The van der Waals surface area contributed by atoms with Crippen LogP contribution in [0.2, 0.25) is 0 Å². The number of aromatic hydroxyl groups is 1. The summed E-state index contributed by atoms with van der Waals surface area (Å²) in [4.78, 5) is 45.9. The number of pyridine rings is 1. The Bertz CT molecular complexity index is 2810. The number of amides is 1. The number of phenolic OH excluding ortho intramolecular Hbond substituents is 1. The fourth-order valence-corrected chi connectivity index (χ4v) is 9.39. The second kappa shape index (κ2) is 20.9. The molecule has 1 unspecified atom stereocenters. The third-order valence-corrected chi connectivity index (χ3v) is 13.1. The quantitative estimate of drug-likeness (QED) is 0.0567. The van der Waals surface area contributed by atoms with E-state index in [0.717, 1.165) is 58.9 Å². The molecule has 0 spiro atoms. The number of methoxy groups -OCH3 is 1. The van der Waals surface area contributed by atoms with Crippen molar-refractivity contribution in [3.8, 4) is 21.9 Å². The van der Waals surface area contributed by atoms with Crippen LogP contribution in [0, 0.1) is 11.7 Å². The highest BCUT2D eigenvalue weighted by Gasteiger charge is 2.28. The Morgan fingerprint density at radius 1 is 0.877 bits per heavy atom. The van der Waals surface area contributed by atoms with Gasteiger partial charge in [-0.1, -0.05) is 91.0 Å². The average Bonchev–Trinajstić information content (AvgIpc) is 3.81. The second-order valence-corrected chi connectivity index (χ2v) is 17.5. The summed E-state index contributed by atoms with van der Waals surface area (Å²) in [6.45, 7) is 3.59. The van der Waals surface area contributed by atoms with Gasteiger partial charge in [0.15, 0.2) is 11.6 Å². The highest BCUT2D eigenvalue weighted by molar-refractivity contribution is 7.15. The molecule has 334 valence electrons. The maximum absolute atomic E-state index is 15.8. The predicted octanol–water partition coefficient (Wildman–Crippen LogP) is 8.45. The number of aliphatic hydroxyl groups is 1. The first-order valence-corrected chi connectivity index (χ1v) is 22.5. The van der Waals surface area contributed by atoms with Crippen LogP contribution in [0.25, 0.3) is 21.3 Å². The number of hydrogen-bond donors (Lipinski definition) is 5. The normalized spacial score (nSPS) is 14.2. The monoisotopic (exact) mass is 894 g/mol. The minimum atomic E-state index is -1.02. The number of aromatic amines is 1. The molecule has 7 aromatic rings. The van der Waals surface area contributed by atoms with Gasteiger partial charge in [0.05, 0.1) is 37.4 Å². The summed E-state index contributed by atoms with van der Waals surface area (Å²) < 4.78 is 27.3. The Morgan fingerprint density at radius 2 is 1.63 bits per heavy atom. The topological polar surface area (TPSA) is 153 Å². The van der Waals surface area contributed by atoms with Gasteiger partial charge >= 0.3 is 5.97 Å². The SMILES string of the molecule is COc1c(CNC[C@H](O)c2ccc(O)c3[nH]c(=O)ccc23)ccc(C(=O)NCc2ccc(-c3cccc(C(C(=O)OCC4CCN(Cc5ccccc5)CC4)c4ccccc4)c3)s2)c1F. The van der Waals surface area contributed by atoms with Gasteiger partial charge in [0, 0.05) is 46.4 Å². The summed E-state index contributed by atoms with van der Waals surface area (Å²) in [5.41, 5.74) is 4.50. The van der Waals surface area contributed by atoms with Crippen LogP contribution >= 0.6 is 11.3 Å². The van der Waals surface area contributed by atoms with Crippen molar-refractivity contribution in [2.75, 3.05) is 33.4 Å². The number of carbonyl (C=O) groups excluding carboxylic acids is 2. The average molecular weight is 895 g/mol. The molecule has 2 atom stereocenters. The fraction of sp³-hybridized carbons (Fsp3) is 0.250. The van der Waals surface area contributed by atoms with E-state index in [-0.39, 0.29) is 53.7 Å². The first-order chi connectivity index (χ1) is 31.6. The molecule has 1 fully saturated rings. The van der Waals surface area contributed by atoms with E-state index in [4.69, 9.17) is 9.47 Å². The highest BCUT2D eigenvalue weighted by Crippen LogP contribution is 2.34. The van der Waals surface area contributed by atoms with Crippen molar-refractivity contribution in [2.24, 2.45) is 5.92 Å². The Labute approximate surface area is 380 Å². The molecule has 8 rings (SSSR count). The van der Waals surface area contributed by atoms with Gasteiger partial charge in [-0.05, 0) is 96.1 Å². The Kier molecular flexibility index (Phi) is 14.5. The van der Waals surface area contributed by atoms with Crippen molar-refractivity contribution in [2.45, 2.75) is 44.5 Å². The van der Waals surface area contributed by atoms with Crippen LogP contribution in [0.3, 0.4) is 0 Å². The lowest BCUT2D eigenvalue weighted by molar-refractivity contribution is -0.146.